The second-order valence-corrected chi connectivity index (χ2v) is 9.48. The van der Waals surface area contributed by atoms with E-state index in [0.717, 1.165) is 49.3 Å². The van der Waals surface area contributed by atoms with Gasteiger partial charge in [0, 0.05) is 30.6 Å². The molecule has 3 rings (SSSR count). The quantitative estimate of drug-likeness (QED) is 0.443. The SMILES string of the molecule is CCCN(CCC)CCCNC(=O)C1c2ccccc2C(=O)N(CCOC)C1c1cccs1. The monoisotopic (exact) mass is 471 g/mol. The number of hydrogen-bond acceptors (Lipinski definition) is 5. The van der Waals surface area contributed by atoms with E-state index in [9.17, 15) is 9.59 Å². The number of carbonyl (C=O) groups excluding carboxylic acids is 2. The maximum atomic E-state index is 13.6. The highest BCUT2D eigenvalue weighted by Gasteiger charge is 2.44. The standard InChI is InChI=1S/C26H37N3O3S/c1-4-14-28(15-5-2)16-9-13-27-25(30)23-20-10-6-7-11-21(20)26(31)29(17-18-32-3)24(23)22-12-8-19-33-22/h6-8,10-12,19,23-24H,4-5,9,13-18H2,1-3H3,(H,27,30). The first-order valence-electron chi connectivity index (χ1n) is 12.0. The molecule has 2 heterocycles. The zero-order valence-corrected chi connectivity index (χ0v) is 20.9. The van der Waals surface area contributed by atoms with Crippen molar-refractivity contribution >= 4 is 23.2 Å². The molecule has 0 spiro atoms. The van der Waals surface area contributed by atoms with E-state index in [1.807, 2.05) is 46.7 Å². The molecule has 1 aromatic heterocycles. The summed E-state index contributed by atoms with van der Waals surface area (Å²) in [6.07, 6.45) is 3.19. The summed E-state index contributed by atoms with van der Waals surface area (Å²) in [5.74, 6) is -0.509. The minimum absolute atomic E-state index is 0.0201. The zero-order chi connectivity index (χ0) is 23.6. The van der Waals surface area contributed by atoms with E-state index >= 15 is 0 Å². The van der Waals surface area contributed by atoms with E-state index in [4.69, 9.17) is 4.74 Å². The van der Waals surface area contributed by atoms with Crippen molar-refractivity contribution < 1.29 is 14.3 Å². The highest BCUT2D eigenvalue weighted by atomic mass is 32.1. The predicted octanol–water partition coefficient (Wildman–Crippen LogP) is 4.30. The number of thiophene rings is 1. The average molecular weight is 472 g/mol. The molecule has 0 aliphatic carbocycles. The van der Waals surface area contributed by atoms with Gasteiger partial charge in [0.15, 0.2) is 0 Å². The van der Waals surface area contributed by atoms with Crippen molar-refractivity contribution in [3.63, 3.8) is 0 Å². The van der Waals surface area contributed by atoms with Gasteiger partial charge in [-0.25, -0.2) is 0 Å². The summed E-state index contributed by atoms with van der Waals surface area (Å²) in [5, 5.41) is 5.19. The molecule has 0 radical (unpaired) electrons. The Hall–Kier alpha value is -2.22. The zero-order valence-electron chi connectivity index (χ0n) is 20.1. The summed E-state index contributed by atoms with van der Waals surface area (Å²) in [6.45, 7) is 9.07. The fourth-order valence-corrected chi connectivity index (χ4v) is 5.55. The van der Waals surface area contributed by atoms with Crippen LogP contribution in [0, 0.1) is 0 Å². The van der Waals surface area contributed by atoms with E-state index in [0.29, 0.717) is 25.3 Å². The highest BCUT2D eigenvalue weighted by molar-refractivity contribution is 7.10. The van der Waals surface area contributed by atoms with Gasteiger partial charge >= 0.3 is 0 Å². The number of benzene rings is 1. The minimum Gasteiger partial charge on any atom is -0.383 e. The fraction of sp³-hybridized carbons (Fsp3) is 0.538. The Kier molecular flexibility index (Phi) is 9.91. The van der Waals surface area contributed by atoms with Crippen LogP contribution in [0.25, 0.3) is 0 Å². The van der Waals surface area contributed by atoms with Crippen LogP contribution in [0.3, 0.4) is 0 Å². The largest absolute Gasteiger partial charge is 0.383 e. The molecule has 1 N–H and O–H groups in total. The van der Waals surface area contributed by atoms with Crippen LogP contribution >= 0.6 is 11.3 Å². The second kappa shape index (κ2) is 12.9. The second-order valence-electron chi connectivity index (χ2n) is 8.50. The minimum atomic E-state index is -0.447. The third kappa shape index (κ3) is 6.22. The fourth-order valence-electron chi connectivity index (χ4n) is 4.68. The highest BCUT2D eigenvalue weighted by Crippen LogP contribution is 2.44. The van der Waals surface area contributed by atoms with Crippen LogP contribution in [0.1, 0.15) is 65.9 Å². The van der Waals surface area contributed by atoms with Gasteiger partial charge in [0.2, 0.25) is 5.91 Å². The molecule has 0 fully saturated rings. The molecule has 0 bridgehead atoms. The number of nitrogens with zero attached hydrogens (tertiary/aromatic N) is 2. The number of hydrogen-bond donors (Lipinski definition) is 1. The molecule has 2 unspecified atom stereocenters. The van der Waals surface area contributed by atoms with E-state index in [2.05, 4.69) is 24.1 Å². The first-order chi connectivity index (χ1) is 16.1. The maximum absolute atomic E-state index is 13.6. The van der Waals surface area contributed by atoms with Crippen molar-refractivity contribution in [2.75, 3.05) is 46.4 Å². The van der Waals surface area contributed by atoms with E-state index in [-0.39, 0.29) is 17.9 Å². The molecule has 33 heavy (non-hydrogen) atoms. The predicted molar refractivity (Wildman–Crippen MR) is 134 cm³/mol. The lowest BCUT2D eigenvalue weighted by molar-refractivity contribution is -0.124. The Morgan fingerprint density at radius 1 is 1.12 bits per heavy atom. The van der Waals surface area contributed by atoms with Crippen molar-refractivity contribution in [3.05, 3.63) is 57.8 Å². The van der Waals surface area contributed by atoms with Crippen LogP contribution in [0.15, 0.2) is 41.8 Å². The van der Waals surface area contributed by atoms with Crippen molar-refractivity contribution in [2.45, 2.75) is 45.1 Å². The van der Waals surface area contributed by atoms with Crippen LogP contribution in [0.5, 0.6) is 0 Å². The van der Waals surface area contributed by atoms with Crippen LogP contribution in [-0.2, 0) is 9.53 Å². The Balaban J connectivity index is 1.81. The van der Waals surface area contributed by atoms with Crippen LogP contribution in [-0.4, -0.2) is 68.1 Å². The number of nitrogens with one attached hydrogen (secondary N) is 1. The summed E-state index contributed by atoms with van der Waals surface area (Å²) in [4.78, 5) is 32.3. The van der Waals surface area contributed by atoms with Crippen LogP contribution in [0.2, 0.25) is 0 Å². The molecular weight excluding hydrogens is 434 g/mol. The van der Waals surface area contributed by atoms with Crippen molar-refractivity contribution in [3.8, 4) is 0 Å². The number of fused-ring (bicyclic) bond motifs is 1. The van der Waals surface area contributed by atoms with Crippen LogP contribution in [0.4, 0.5) is 0 Å². The Morgan fingerprint density at radius 3 is 2.55 bits per heavy atom. The molecule has 1 aromatic carbocycles. The van der Waals surface area contributed by atoms with Gasteiger partial charge in [0.25, 0.3) is 5.91 Å². The first kappa shape index (κ1) is 25.4. The van der Waals surface area contributed by atoms with Gasteiger partial charge in [-0.2, -0.15) is 0 Å². The molecular formula is C26H37N3O3S. The summed E-state index contributed by atoms with van der Waals surface area (Å²) in [5.41, 5.74) is 1.42. The molecule has 6 nitrogen and oxygen atoms in total. The summed E-state index contributed by atoms with van der Waals surface area (Å²) < 4.78 is 5.29. The maximum Gasteiger partial charge on any atom is 0.254 e. The summed E-state index contributed by atoms with van der Waals surface area (Å²) >= 11 is 1.59. The molecule has 0 saturated heterocycles. The molecule has 1 aliphatic rings. The molecule has 2 atom stereocenters. The normalized spacial score (nSPS) is 17.9. The van der Waals surface area contributed by atoms with Crippen LogP contribution < -0.4 is 5.32 Å². The van der Waals surface area contributed by atoms with Gasteiger partial charge in [-0.3, -0.25) is 9.59 Å². The van der Waals surface area contributed by atoms with E-state index < -0.39 is 5.92 Å². The van der Waals surface area contributed by atoms with Crippen molar-refractivity contribution in [1.29, 1.82) is 0 Å². The van der Waals surface area contributed by atoms with Gasteiger partial charge < -0.3 is 19.9 Å². The van der Waals surface area contributed by atoms with Gasteiger partial charge in [-0.1, -0.05) is 38.1 Å². The van der Waals surface area contributed by atoms with Gasteiger partial charge in [0.05, 0.1) is 18.6 Å². The third-order valence-corrected chi connectivity index (χ3v) is 7.07. The van der Waals surface area contributed by atoms with Crippen molar-refractivity contribution in [2.24, 2.45) is 0 Å². The lowest BCUT2D eigenvalue weighted by Crippen LogP contribution is -2.48. The summed E-state index contributed by atoms with van der Waals surface area (Å²) in [7, 11) is 1.63. The molecule has 2 aromatic rings. The van der Waals surface area contributed by atoms with E-state index in [1.54, 1.807) is 18.4 Å². The molecule has 0 saturated carbocycles. The Labute approximate surface area is 201 Å². The first-order valence-corrected chi connectivity index (χ1v) is 12.9. The number of methoxy groups -OCH3 is 1. The molecule has 2 amide bonds. The Bertz CT molecular complexity index is 881. The molecule has 1 aliphatic heterocycles. The lowest BCUT2D eigenvalue weighted by atomic mass is 9.81. The third-order valence-electron chi connectivity index (χ3n) is 6.12. The number of ether oxygens (including phenoxy) is 1. The van der Waals surface area contributed by atoms with Gasteiger partial charge in [0.1, 0.15) is 0 Å². The van der Waals surface area contributed by atoms with Gasteiger partial charge in [-0.05, 0) is 62.0 Å². The number of carbonyl (C=O) groups is 2. The average Bonchev–Trinajstić information content (AvgIpc) is 3.36. The number of rotatable bonds is 13. The molecule has 7 heteroatoms. The summed E-state index contributed by atoms with van der Waals surface area (Å²) in [6, 6.07) is 11.2. The van der Waals surface area contributed by atoms with E-state index in [1.165, 1.54) is 0 Å². The lowest BCUT2D eigenvalue weighted by Gasteiger charge is -2.41. The van der Waals surface area contributed by atoms with Crippen molar-refractivity contribution in [1.82, 2.24) is 15.1 Å². The Morgan fingerprint density at radius 2 is 1.88 bits per heavy atom. The van der Waals surface area contributed by atoms with Gasteiger partial charge in [-0.15, -0.1) is 11.3 Å². The number of amides is 2. The smallest absolute Gasteiger partial charge is 0.254 e. The topological polar surface area (TPSA) is 61.9 Å². The molecule has 180 valence electrons.